The minimum atomic E-state index is -0.743. The van der Waals surface area contributed by atoms with Gasteiger partial charge in [0, 0.05) is 18.0 Å². The number of rotatable bonds is 10. The topological polar surface area (TPSA) is 54.4 Å². The molecule has 0 aliphatic carbocycles. The standard InChI is InChI=1S/C18H28O3S.C3H3NS/c1-3-4-5-6-7-8-11-22(19)15(2)12-16-9-10-17-18(13-16)21-14-20-17;1-2-5-3-4-1/h9-10,13,15H,3-8,11-12,14H2,1-2H3;1-3H. The lowest BCUT2D eigenvalue weighted by Crippen LogP contribution is -2.23. The molecule has 27 heavy (non-hydrogen) atoms. The van der Waals surface area contributed by atoms with Crippen LogP contribution in [0.4, 0.5) is 0 Å². The summed E-state index contributed by atoms with van der Waals surface area (Å²) in [7, 11) is 0. The van der Waals surface area contributed by atoms with Crippen LogP contribution in [0.1, 0.15) is 57.9 Å². The zero-order chi connectivity index (χ0) is 19.3. The van der Waals surface area contributed by atoms with Crippen LogP contribution in [0.3, 0.4) is 0 Å². The Morgan fingerprint density at radius 3 is 2.63 bits per heavy atom. The van der Waals surface area contributed by atoms with Gasteiger partial charge < -0.3 is 14.0 Å². The van der Waals surface area contributed by atoms with Crippen LogP contribution < -0.4 is 9.47 Å². The first-order chi connectivity index (χ1) is 13.2. The van der Waals surface area contributed by atoms with Crippen LogP contribution >= 0.6 is 11.3 Å². The molecule has 0 radical (unpaired) electrons. The van der Waals surface area contributed by atoms with Crippen molar-refractivity contribution in [1.82, 2.24) is 4.98 Å². The molecule has 1 aromatic heterocycles. The first kappa shape index (κ1) is 22.1. The van der Waals surface area contributed by atoms with Crippen LogP contribution in [-0.2, 0) is 17.6 Å². The van der Waals surface area contributed by atoms with Crippen molar-refractivity contribution in [1.29, 1.82) is 0 Å². The number of nitrogens with zero attached hydrogens (tertiary/aromatic N) is 1. The Labute approximate surface area is 170 Å². The fourth-order valence-electron chi connectivity index (χ4n) is 2.89. The highest BCUT2D eigenvalue weighted by molar-refractivity contribution is 7.91. The smallest absolute Gasteiger partial charge is 0.231 e. The minimum absolute atomic E-state index is 0.191. The van der Waals surface area contributed by atoms with Crippen molar-refractivity contribution in [2.75, 3.05) is 12.5 Å². The lowest BCUT2D eigenvalue weighted by atomic mass is 10.1. The largest absolute Gasteiger partial charge is 0.616 e. The van der Waals surface area contributed by atoms with Crippen LogP contribution in [0.2, 0.25) is 0 Å². The molecule has 0 fully saturated rings. The Balaban J connectivity index is 0.000000451. The van der Waals surface area contributed by atoms with E-state index in [9.17, 15) is 4.55 Å². The average Bonchev–Trinajstić information content (AvgIpc) is 3.38. The van der Waals surface area contributed by atoms with Crippen molar-refractivity contribution < 1.29 is 14.0 Å². The van der Waals surface area contributed by atoms with E-state index in [1.54, 1.807) is 23.0 Å². The predicted octanol–water partition coefficient (Wildman–Crippen LogP) is 5.60. The number of fused-ring (bicyclic) bond motifs is 1. The summed E-state index contributed by atoms with van der Waals surface area (Å²) in [5.41, 5.74) is 2.97. The molecule has 0 saturated heterocycles. The summed E-state index contributed by atoms with van der Waals surface area (Å²) in [5.74, 6) is 2.45. The number of aromatic nitrogens is 1. The molecule has 1 aliphatic rings. The highest BCUT2D eigenvalue weighted by Crippen LogP contribution is 2.33. The monoisotopic (exact) mass is 409 g/mol. The SMILES string of the molecule is CCCCCCCC[S+]([O-])C(C)Cc1ccc2c(c1)OCO2.c1cscn1. The molecule has 2 unspecified atom stereocenters. The third-order valence-corrected chi connectivity index (χ3v) is 6.73. The van der Waals surface area contributed by atoms with Gasteiger partial charge in [-0.25, -0.2) is 0 Å². The number of ether oxygens (including phenoxy) is 2. The molecule has 150 valence electrons. The molecule has 2 aromatic rings. The first-order valence-corrected chi connectivity index (χ1v) is 12.1. The summed E-state index contributed by atoms with van der Waals surface area (Å²) in [4.78, 5) is 3.74. The molecule has 2 heterocycles. The van der Waals surface area contributed by atoms with Gasteiger partial charge in [-0.05, 0) is 37.5 Å². The number of hydrogen-bond acceptors (Lipinski definition) is 5. The summed E-state index contributed by atoms with van der Waals surface area (Å²) in [6.45, 7) is 4.61. The van der Waals surface area contributed by atoms with Gasteiger partial charge in [0.05, 0.1) is 5.51 Å². The second-order valence-electron chi connectivity index (χ2n) is 6.73. The quantitative estimate of drug-likeness (QED) is 0.379. The van der Waals surface area contributed by atoms with E-state index in [1.807, 2.05) is 23.6 Å². The summed E-state index contributed by atoms with van der Waals surface area (Å²) in [6.07, 6.45) is 10.1. The van der Waals surface area contributed by atoms with E-state index in [0.29, 0.717) is 6.79 Å². The van der Waals surface area contributed by atoms with Crippen LogP contribution in [-0.4, -0.2) is 27.3 Å². The number of hydrogen-bond donors (Lipinski definition) is 0. The van der Waals surface area contributed by atoms with Crippen molar-refractivity contribution in [2.45, 2.75) is 64.0 Å². The van der Waals surface area contributed by atoms with Gasteiger partial charge in [-0.3, -0.25) is 4.98 Å². The average molecular weight is 410 g/mol. The number of thiazole rings is 1. The molecule has 6 heteroatoms. The number of benzene rings is 1. The summed E-state index contributed by atoms with van der Waals surface area (Å²) in [6, 6.07) is 6.01. The maximum absolute atomic E-state index is 12.3. The second kappa shape index (κ2) is 13.0. The van der Waals surface area contributed by atoms with Gasteiger partial charge in [-0.2, -0.15) is 0 Å². The fourth-order valence-corrected chi connectivity index (χ4v) is 4.52. The molecule has 0 saturated carbocycles. The lowest BCUT2D eigenvalue weighted by molar-refractivity contribution is 0.174. The molecule has 4 nitrogen and oxygen atoms in total. The van der Waals surface area contributed by atoms with Gasteiger partial charge in [0.1, 0.15) is 11.0 Å². The van der Waals surface area contributed by atoms with Gasteiger partial charge >= 0.3 is 0 Å². The van der Waals surface area contributed by atoms with E-state index in [0.717, 1.165) is 30.1 Å². The molecule has 1 aliphatic heterocycles. The Bertz CT molecular complexity index is 605. The zero-order valence-electron chi connectivity index (χ0n) is 16.4. The van der Waals surface area contributed by atoms with Gasteiger partial charge in [0.25, 0.3) is 0 Å². The van der Waals surface area contributed by atoms with E-state index in [-0.39, 0.29) is 5.25 Å². The van der Waals surface area contributed by atoms with E-state index < -0.39 is 11.2 Å². The Kier molecular flexibility index (Phi) is 10.6. The fraction of sp³-hybridized carbons (Fsp3) is 0.571. The highest BCUT2D eigenvalue weighted by atomic mass is 32.2. The zero-order valence-corrected chi connectivity index (χ0v) is 18.0. The Hall–Kier alpha value is -1.24. The van der Waals surface area contributed by atoms with Gasteiger partial charge in [-0.1, -0.05) is 49.8 Å². The molecular weight excluding hydrogens is 378 g/mol. The molecule has 0 amide bonds. The summed E-state index contributed by atoms with van der Waals surface area (Å²) in [5, 5.41) is 2.12. The molecule has 3 rings (SSSR count). The van der Waals surface area contributed by atoms with E-state index in [2.05, 4.69) is 18.8 Å². The van der Waals surface area contributed by atoms with Crippen LogP contribution in [0, 0.1) is 0 Å². The van der Waals surface area contributed by atoms with Crippen molar-refractivity contribution >= 4 is 22.5 Å². The minimum Gasteiger partial charge on any atom is -0.616 e. The Morgan fingerprint density at radius 1 is 1.15 bits per heavy atom. The van der Waals surface area contributed by atoms with Gasteiger partial charge in [0.2, 0.25) is 6.79 Å². The predicted molar refractivity (Wildman–Crippen MR) is 114 cm³/mol. The van der Waals surface area contributed by atoms with Crippen LogP contribution in [0.15, 0.2) is 35.3 Å². The van der Waals surface area contributed by atoms with Gasteiger partial charge in [0.15, 0.2) is 11.5 Å². The maximum atomic E-state index is 12.3. The third-order valence-electron chi connectivity index (χ3n) is 4.46. The molecule has 0 spiro atoms. The Morgan fingerprint density at radius 2 is 1.93 bits per heavy atom. The van der Waals surface area contributed by atoms with E-state index in [1.165, 1.54) is 37.7 Å². The molecule has 0 N–H and O–H groups in total. The normalized spacial score (nSPS) is 14.3. The summed E-state index contributed by atoms with van der Waals surface area (Å²) >= 11 is 0.859. The van der Waals surface area contributed by atoms with Crippen molar-refractivity contribution in [3.05, 3.63) is 40.8 Å². The second-order valence-corrected chi connectivity index (χ2v) is 9.46. The van der Waals surface area contributed by atoms with Crippen molar-refractivity contribution in [3.8, 4) is 11.5 Å². The van der Waals surface area contributed by atoms with Crippen LogP contribution in [0.5, 0.6) is 11.5 Å². The third kappa shape index (κ3) is 8.54. The summed E-state index contributed by atoms with van der Waals surface area (Å²) < 4.78 is 23.0. The van der Waals surface area contributed by atoms with Crippen molar-refractivity contribution in [2.24, 2.45) is 0 Å². The molecule has 2 atom stereocenters. The van der Waals surface area contributed by atoms with Crippen molar-refractivity contribution in [3.63, 3.8) is 0 Å². The van der Waals surface area contributed by atoms with Crippen LogP contribution in [0.25, 0.3) is 0 Å². The molecule has 0 bridgehead atoms. The first-order valence-electron chi connectivity index (χ1n) is 9.78. The lowest BCUT2D eigenvalue weighted by Gasteiger charge is -2.18. The number of unbranched alkanes of at least 4 members (excludes halogenated alkanes) is 5. The van der Waals surface area contributed by atoms with E-state index >= 15 is 0 Å². The highest BCUT2D eigenvalue weighted by Gasteiger charge is 2.19. The molecular formula is C21H31NO3S2. The maximum Gasteiger partial charge on any atom is 0.231 e. The van der Waals surface area contributed by atoms with E-state index in [4.69, 9.17) is 9.47 Å². The molecule has 1 aromatic carbocycles. The van der Waals surface area contributed by atoms with Gasteiger partial charge in [-0.15, -0.1) is 11.3 Å².